The highest BCUT2D eigenvalue weighted by Gasteiger charge is 2.08. The van der Waals surface area contributed by atoms with Gasteiger partial charge in [0, 0.05) is 5.56 Å². The van der Waals surface area contributed by atoms with Gasteiger partial charge in [-0.25, -0.2) is 4.79 Å². The smallest absolute Gasteiger partial charge is 0.335 e. The van der Waals surface area contributed by atoms with Crippen molar-refractivity contribution in [1.29, 1.82) is 0 Å². The molecule has 0 aromatic heterocycles. The number of aromatic carboxylic acids is 1. The predicted molar refractivity (Wildman–Crippen MR) is 122 cm³/mol. The van der Waals surface area contributed by atoms with E-state index in [2.05, 4.69) is 13.5 Å². The van der Waals surface area contributed by atoms with Crippen molar-refractivity contribution < 1.29 is 19.4 Å². The van der Waals surface area contributed by atoms with Gasteiger partial charge in [-0.2, -0.15) is 0 Å². The number of carbonyl (C=O) groups is 1. The zero-order valence-electron chi connectivity index (χ0n) is 18.1. The summed E-state index contributed by atoms with van der Waals surface area (Å²) < 4.78 is 11.9. The largest absolute Gasteiger partial charge is 0.493 e. The third-order valence-electron chi connectivity index (χ3n) is 4.97. The molecule has 0 aliphatic carbocycles. The highest BCUT2D eigenvalue weighted by Crippen LogP contribution is 2.29. The molecule has 2 aromatic rings. The first kappa shape index (κ1) is 23.5. The van der Waals surface area contributed by atoms with Crippen LogP contribution in [-0.4, -0.2) is 17.7 Å². The van der Waals surface area contributed by atoms with Crippen molar-refractivity contribution in [2.75, 3.05) is 6.61 Å². The second-order valence-corrected chi connectivity index (χ2v) is 7.52. The molecule has 162 valence electrons. The first-order valence-electron chi connectivity index (χ1n) is 11.0. The van der Waals surface area contributed by atoms with E-state index in [-0.39, 0.29) is 5.56 Å². The van der Waals surface area contributed by atoms with E-state index >= 15 is 0 Å². The van der Waals surface area contributed by atoms with Gasteiger partial charge >= 0.3 is 5.97 Å². The van der Waals surface area contributed by atoms with E-state index in [9.17, 15) is 4.79 Å². The Labute approximate surface area is 180 Å². The molecule has 0 heterocycles. The molecule has 2 aromatic carbocycles. The van der Waals surface area contributed by atoms with Crippen molar-refractivity contribution in [2.24, 2.45) is 0 Å². The molecular formula is C26H34O4. The number of allylic oxidation sites excluding steroid dienone is 1. The topological polar surface area (TPSA) is 55.8 Å². The predicted octanol–water partition coefficient (Wildman–Crippen LogP) is 7.43. The zero-order chi connectivity index (χ0) is 21.6. The lowest BCUT2D eigenvalue weighted by molar-refractivity contribution is 0.0696. The summed E-state index contributed by atoms with van der Waals surface area (Å²) in [5.41, 5.74) is 1.21. The molecule has 0 atom stereocenters. The molecule has 0 saturated carbocycles. The lowest BCUT2D eigenvalue weighted by Gasteiger charge is -2.13. The molecule has 4 nitrogen and oxygen atoms in total. The van der Waals surface area contributed by atoms with Gasteiger partial charge in [-0.1, -0.05) is 64.0 Å². The van der Waals surface area contributed by atoms with Gasteiger partial charge in [-0.15, -0.1) is 6.58 Å². The van der Waals surface area contributed by atoms with Crippen molar-refractivity contribution in [3.63, 3.8) is 0 Å². The average molecular weight is 411 g/mol. The highest BCUT2D eigenvalue weighted by atomic mass is 16.5. The summed E-state index contributed by atoms with van der Waals surface area (Å²) >= 11 is 0. The molecule has 4 heteroatoms. The van der Waals surface area contributed by atoms with Crippen LogP contribution in [0, 0.1) is 0 Å². The number of carboxylic acid groups (broad SMARTS) is 1. The summed E-state index contributed by atoms with van der Waals surface area (Å²) in [4.78, 5) is 11.1. The minimum Gasteiger partial charge on any atom is -0.493 e. The standard InChI is InChI=1S/C26H34O4/c1-3-5-6-7-8-9-10-11-18-29-25-17-16-24(19-21(25)13-4-2)30-23-15-12-14-22(20-23)26(27)28/h4,12,14-17,19-20H,2-3,5-11,13,18H2,1H3,(H,27,28). The van der Waals surface area contributed by atoms with Crippen LogP contribution in [0.1, 0.15) is 74.2 Å². The van der Waals surface area contributed by atoms with Crippen molar-refractivity contribution in [3.8, 4) is 17.2 Å². The maximum absolute atomic E-state index is 11.1. The Kier molecular flexibility index (Phi) is 10.6. The lowest BCUT2D eigenvalue weighted by Crippen LogP contribution is -2.01. The summed E-state index contributed by atoms with van der Waals surface area (Å²) in [5.74, 6) is 1.02. The molecule has 0 saturated heterocycles. The van der Waals surface area contributed by atoms with Gasteiger partial charge in [-0.3, -0.25) is 0 Å². The van der Waals surface area contributed by atoms with Gasteiger partial charge in [0.1, 0.15) is 17.2 Å². The van der Waals surface area contributed by atoms with E-state index < -0.39 is 5.97 Å². The van der Waals surface area contributed by atoms with Gasteiger partial charge in [0.2, 0.25) is 0 Å². The van der Waals surface area contributed by atoms with E-state index in [0.717, 1.165) is 17.7 Å². The molecule has 0 aliphatic heterocycles. The molecule has 0 aliphatic rings. The molecule has 0 fully saturated rings. The van der Waals surface area contributed by atoms with E-state index in [4.69, 9.17) is 14.6 Å². The van der Waals surface area contributed by atoms with Gasteiger partial charge in [-0.05, 0) is 49.2 Å². The number of hydrogen-bond donors (Lipinski definition) is 1. The second kappa shape index (κ2) is 13.5. The SMILES string of the molecule is C=CCc1cc(Oc2cccc(C(=O)O)c2)ccc1OCCCCCCCCCC. The van der Waals surface area contributed by atoms with Crippen molar-refractivity contribution in [3.05, 3.63) is 66.2 Å². The Bertz CT molecular complexity index is 797. The van der Waals surface area contributed by atoms with Crippen LogP contribution >= 0.6 is 0 Å². The van der Waals surface area contributed by atoms with Crippen molar-refractivity contribution in [2.45, 2.75) is 64.7 Å². The first-order chi connectivity index (χ1) is 14.6. The summed E-state index contributed by atoms with van der Waals surface area (Å²) in [6.45, 7) is 6.78. The number of hydrogen-bond acceptors (Lipinski definition) is 3. The third-order valence-corrected chi connectivity index (χ3v) is 4.97. The highest BCUT2D eigenvalue weighted by molar-refractivity contribution is 5.88. The van der Waals surface area contributed by atoms with E-state index in [1.807, 2.05) is 24.3 Å². The minimum absolute atomic E-state index is 0.198. The van der Waals surface area contributed by atoms with Crippen LogP contribution in [0.25, 0.3) is 0 Å². The second-order valence-electron chi connectivity index (χ2n) is 7.52. The molecule has 0 unspecified atom stereocenters. The first-order valence-corrected chi connectivity index (χ1v) is 11.0. The summed E-state index contributed by atoms with van der Waals surface area (Å²) in [5, 5.41) is 9.13. The van der Waals surface area contributed by atoms with Gasteiger partial charge in [0.15, 0.2) is 0 Å². The van der Waals surface area contributed by atoms with Crippen LogP contribution in [0.15, 0.2) is 55.1 Å². The number of benzene rings is 2. The summed E-state index contributed by atoms with van der Waals surface area (Å²) in [6.07, 6.45) is 12.7. The monoisotopic (exact) mass is 410 g/mol. The molecule has 0 radical (unpaired) electrons. The van der Waals surface area contributed by atoms with Gasteiger partial charge < -0.3 is 14.6 Å². The number of ether oxygens (including phenoxy) is 2. The summed E-state index contributed by atoms with van der Waals surface area (Å²) in [7, 11) is 0. The Morgan fingerprint density at radius 3 is 2.37 bits per heavy atom. The van der Waals surface area contributed by atoms with Crippen LogP contribution in [0.5, 0.6) is 17.2 Å². The number of carboxylic acids is 1. The Balaban J connectivity index is 1.86. The Morgan fingerprint density at radius 2 is 1.67 bits per heavy atom. The average Bonchev–Trinajstić information content (AvgIpc) is 2.74. The van der Waals surface area contributed by atoms with Crippen LogP contribution in [0.3, 0.4) is 0 Å². The van der Waals surface area contributed by atoms with Gasteiger partial charge in [0.25, 0.3) is 0 Å². The van der Waals surface area contributed by atoms with Crippen LogP contribution in [0.4, 0.5) is 0 Å². The molecular weight excluding hydrogens is 376 g/mol. The van der Waals surface area contributed by atoms with Crippen LogP contribution < -0.4 is 9.47 Å². The summed E-state index contributed by atoms with van der Waals surface area (Å²) in [6, 6.07) is 12.2. The van der Waals surface area contributed by atoms with E-state index in [1.165, 1.54) is 51.0 Å². The maximum Gasteiger partial charge on any atom is 0.335 e. The molecule has 0 amide bonds. The lowest BCUT2D eigenvalue weighted by atomic mass is 10.1. The molecule has 0 spiro atoms. The number of rotatable bonds is 15. The van der Waals surface area contributed by atoms with Crippen molar-refractivity contribution in [1.82, 2.24) is 0 Å². The van der Waals surface area contributed by atoms with Crippen LogP contribution in [-0.2, 0) is 6.42 Å². The zero-order valence-corrected chi connectivity index (χ0v) is 18.1. The van der Waals surface area contributed by atoms with Gasteiger partial charge in [0.05, 0.1) is 12.2 Å². The van der Waals surface area contributed by atoms with E-state index in [1.54, 1.807) is 18.2 Å². The minimum atomic E-state index is -0.975. The molecule has 0 bridgehead atoms. The van der Waals surface area contributed by atoms with Crippen molar-refractivity contribution >= 4 is 5.97 Å². The van der Waals surface area contributed by atoms with E-state index in [0.29, 0.717) is 24.5 Å². The van der Waals surface area contributed by atoms with Crippen LogP contribution in [0.2, 0.25) is 0 Å². The maximum atomic E-state index is 11.1. The Morgan fingerprint density at radius 1 is 0.967 bits per heavy atom. The normalized spacial score (nSPS) is 10.6. The quantitative estimate of drug-likeness (QED) is 0.245. The third kappa shape index (κ3) is 8.32. The fourth-order valence-electron chi connectivity index (χ4n) is 3.32. The molecule has 30 heavy (non-hydrogen) atoms. The fraction of sp³-hybridized carbons (Fsp3) is 0.423. The number of unbranched alkanes of at least 4 members (excludes halogenated alkanes) is 7. The molecule has 2 rings (SSSR count). The fourth-order valence-corrected chi connectivity index (χ4v) is 3.32. The molecule has 1 N–H and O–H groups in total. The Hall–Kier alpha value is -2.75.